The second-order valence-corrected chi connectivity index (χ2v) is 3.07. The molecule has 14 heavy (non-hydrogen) atoms. The molecule has 0 amide bonds. The van der Waals surface area contributed by atoms with Gasteiger partial charge in [-0.25, -0.2) is 0 Å². The second-order valence-electron chi connectivity index (χ2n) is 3.07. The lowest BCUT2D eigenvalue weighted by Gasteiger charge is -2.01. The highest BCUT2D eigenvalue weighted by Gasteiger charge is 2.09. The molecule has 0 radical (unpaired) electrons. The van der Waals surface area contributed by atoms with Crippen LogP contribution in [0.3, 0.4) is 0 Å². The quantitative estimate of drug-likeness (QED) is 0.768. The lowest BCUT2D eigenvalue weighted by atomic mass is 10.2. The highest BCUT2D eigenvalue weighted by atomic mass is 16.5. The number of nitrogens with two attached hydrogens (primary N) is 1. The van der Waals surface area contributed by atoms with Gasteiger partial charge in [0.1, 0.15) is 11.5 Å². The SMILES string of the molecule is NCC1=CCC(=Cc2ccncc2)O1. The average Bonchev–Trinajstić information content (AvgIpc) is 2.67. The number of nitrogens with zero attached hydrogens (tertiary/aromatic N) is 1. The van der Waals surface area contributed by atoms with Crippen molar-refractivity contribution in [2.45, 2.75) is 6.42 Å². The minimum absolute atomic E-state index is 0.466. The Morgan fingerprint density at radius 2 is 2.21 bits per heavy atom. The van der Waals surface area contributed by atoms with Crippen LogP contribution in [0, 0.1) is 0 Å². The third-order valence-corrected chi connectivity index (χ3v) is 2.03. The number of hydrogen-bond donors (Lipinski definition) is 1. The molecule has 1 aliphatic rings. The summed E-state index contributed by atoms with van der Waals surface area (Å²) in [5.74, 6) is 1.79. The molecule has 3 nitrogen and oxygen atoms in total. The van der Waals surface area contributed by atoms with Crippen LogP contribution in [0.25, 0.3) is 6.08 Å². The average molecular weight is 188 g/mol. The first kappa shape index (κ1) is 8.97. The van der Waals surface area contributed by atoms with Gasteiger partial charge in [0, 0.05) is 18.8 Å². The van der Waals surface area contributed by atoms with Crippen molar-refractivity contribution in [3.05, 3.63) is 47.7 Å². The van der Waals surface area contributed by atoms with Gasteiger partial charge in [-0.3, -0.25) is 4.98 Å². The van der Waals surface area contributed by atoms with Gasteiger partial charge in [-0.1, -0.05) is 0 Å². The Hall–Kier alpha value is -1.61. The normalized spacial score (nSPS) is 18.1. The zero-order valence-electron chi connectivity index (χ0n) is 7.81. The van der Waals surface area contributed by atoms with E-state index in [1.165, 1.54) is 0 Å². The Morgan fingerprint density at radius 3 is 2.86 bits per heavy atom. The standard InChI is InChI=1S/C11H12N2O/c12-8-11-2-1-10(14-11)7-9-3-5-13-6-4-9/h2-7H,1,8,12H2. The summed E-state index contributed by atoms with van der Waals surface area (Å²) >= 11 is 0. The number of hydrogen-bond acceptors (Lipinski definition) is 3. The van der Waals surface area contributed by atoms with E-state index in [-0.39, 0.29) is 0 Å². The largest absolute Gasteiger partial charge is 0.465 e. The maximum absolute atomic E-state index is 5.49. The predicted molar refractivity (Wildman–Crippen MR) is 55.1 cm³/mol. The summed E-state index contributed by atoms with van der Waals surface area (Å²) in [6, 6.07) is 3.88. The molecule has 0 spiro atoms. The Labute approximate surface area is 82.9 Å². The molecule has 3 heteroatoms. The summed E-state index contributed by atoms with van der Waals surface area (Å²) in [5.41, 5.74) is 6.56. The van der Waals surface area contributed by atoms with E-state index in [4.69, 9.17) is 10.5 Å². The second kappa shape index (κ2) is 4.07. The Kier molecular flexibility index (Phi) is 2.60. The van der Waals surface area contributed by atoms with Gasteiger partial charge >= 0.3 is 0 Å². The molecule has 0 unspecified atom stereocenters. The van der Waals surface area contributed by atoms with E-state index in [1.54, 1.807) is 12.4 Å². The van der Waals surface area contributed by atoms with Crippen LogP contribution in [0.15, 0.2) is 42.1 Å². The third-order valence-electron chi connectivity index (χ3n) is 2.03. The Morgan fingerprint density at radius 1 is 1.43 bits per heavy atom. The fourth-order valence-electron chi connectivity index (χ4n) is 1.33. The van der Waals surface area contributed by atoms with Gasteiger partial charge in [-0.05, 0) is 29.8 Å². The van der Waals surface area contributed by atoms with Crippen molar-refractivity contribution >= 4 is 6.08 Å². The molecule has 1 aromatic heterocycles. The monoisotopic (exact) mass is 188 g/mol. The lowest BCUT2D eigenvalue weighted by molar-refractivity contribution is 0.322. The summed E-state index contributed by atoms with van der Waals surface area (Å²) < 4.78 is 5.49. The van der Waals surface area contributed by atoms with E-state index in [0.29, 0.717) is 6.54 Å². The first-order chi connectivity index (χ1) is 6.88. The highest BCUT2D eigenvalue weighted by Crippen LogP contribution is 2.21. The van der Waals surface area contributed by atoms with Crippen molar-refractivity contribution in [3.63, 3.8) is 0 Å². The van der Waals surface area contributed by atoms with E-state index in [9.17, 15) is 0 Å². The Bertz CT molecular complexity index is 368. The van der Waals surface area contributed by atoms with E-state index in [0.717, 1.165) is 23.5 Å². The molecule has 1 aromatic rings. The summed E-state index contributed by atoms with van der Waals surface area (Å²) in [4.78, 5) is 3.95. The molecule has 0 aromatic carbocycles. The fraction of sp³-hybridized carbons (Fsp3) is 0.182. The van der Waals surface area contributed by atoms with Gasteiger partial charge < -0.3 is 10.5 Å². The fourth-order valence-corrected chi connectivity index (χ4v) is 1.33. The maximum atomic E-state index is 5.49. The van der Waals surface area contributed by atoms with Gasteiger partial charge in [0.05, 0.1) is 6.54 Å². The molecular formula is C11H12N2O. The molecule has 1 aliphatic heterocycles. The van der Waals surface area contributed by atoms with Crippen molar-refractivity contribution in [2.24, 2.45) is 5.73 Å². The number of aromatic nitrogens is 1. The molecule has 0 fully saturated rings. The minimum Gasteiger partial charge on any atom is -0.465 e. The van der Waals surface area contributed by atoms with Crippen LogP contribution >= 0.6 is 0 Å². The molecule has 0 saturated heterocycles. The number of ether oxygens (including phenoxy) is 1. The highest BCUT2D eigenvalue weighted by molar-refractivity contribution is 5.51. The molecule has 0 bridgehead atoms. The van der Waals surface area contributed by atoms with Crippen LogP contribution in [0.1, 0.15) is 12.0 Å². The molecule has 2 rings (SSSR count). The van der Waals surface area contributed by atoms with Crippen LogP contribution in [0.4, 0.5) is 0 Å². The van der Waals surface area contributed by atoms with E-state index < -0.39 is 0 Å². The topological polar surface area (TPSA) is 48.1 Å². The summed E-state index contributed by atoms with van der Waals surface area (Å²) in [5, 5.41) is 0. The zero-order valence-corrected chi connectivity index (χ0v) is 7.81. The summed E-state index contributed by atoms with van der Waals surface area (Å²) in [7, 11) is 0. The smallest absolute Gasteiger partial charge is 0.114 e. The molecule has 0 atom stereocenters. The predicted octanol–water partition coefficient (Wildman–Crippen LogP) is 1.69. The van der Waals surface area contributed by atoms with E-state index in [2.05, 4.69) is 4.98 Å². The molecule has 0 saturated carbocycles. The summed E-state index contributed by atoms with van der Waals surface area (Å²) in [6.45, 7) is 0.466. The number of allylic oxidation sites excluding steroid dienone is 1. The first-order valence-electron chi connectivity index (χ1n) is 4.56. The molecule has 2 N–H and O–H groups in total. The van der Waals surface area contributed by atoms with Crippen LogP contribution < -0.4 is 5.73 Å². The first-order valence-corrected chi connectivity index (χ1v) is 4.56. The summed E-state index contributed by atoms with van der Waals surface area (Å²) in [6.07, 6.45) is 8.36. The molecule has 2 heterocycles. The maximum Gasteiger partial charge on any atom is 0.114 e. The van der Waals surface area contributed by atoms with Crippen molar-refractivity contribution < 1.29 is 4.74 Å². The van der Waals surface area contributed by atoms with Gasteiger partial charge in [-0.2, -0.15) is 0 Å². The number of rotatable bonds is 2. The van der Waals surface area contributed by atoms with E-state index >= 15 is 0 Å². The van der Waals surface area contributed by atoms with E-state index in [1.807, 2.05) is 24.3 Å². The van der Waals surface area contributed by atoms with Gasteiger partial charge in [0.2, 0.25) is 0 Å². The molecule has 0 aliphatic carbocycles. The van der Waals surface area contributed by atoms with Crippen molar-refractivity contribution in [2.75, 3.05) is 6.54 Å². The van der Waals surface area contributed by atoms with Gasteiger partial charge in [0.15, 0.2) is 0 Å². The van der Waals surface area contributed by atoms with Crippen LogP contribution in [0.2, 0.25) is 0 Å². The van der Waals surface area contributed by atoms with Crippen molar-refractivity contribution in [3.8, 4) is 0 Å². The van der Waals surface area contributed by atoms with Crippen LogP contribution in [-0.2, 0) is 4.74 Å². The van der Waals surface area contributed by atoms with Crippen molar-refractivity contribution in [1.82, 2.24) is 4.98 Å². The molecular weight excluding hydrogens is 176 g/mol. The number of pyridine rings is 1. The van der Waals surface area contributed by atoms with Crippen LogP contribution in [-0.4, -0.2) is 11.5 Å². The third kappa shape index (κ3) is 2.00. The van der Waals surface area contributed by atoms with Gasteiger partial charge in [0.25, 0.3) is 0 Å². The Balaban J connectivity index is 2.08. The molecule has 72 valence electrons. The van der Waals surface area contributed by atoms with Gasteiger partial charge in [-0.15, -0.1) is 0 Å². The minimum atomic E-state index is 0.466. The van der Waals surface area contributed by atoms with Crippen molar-refractivity contribution in [1.29, 1.82) is 0 Å². The zero-order chi connectivity index (χ0) is 9.80. The lowest BCUT2D eigenvalue weighted by Crippen LogP contribution is -2.02. The van der Waals surface area contributed by atoms with Crippen LogP contribution in [0.5, 0.6) is 0 Å².